The molecule has 0 amide bonds. The minimum Gasteiger partial charge on any atom is -0.303 e. The van der Waals surface area contributed by atoms with Crippen molar-refractivity contribution in [2.75, 3.05) is 58.9 Å². The fourth-order valence-electron chi connectivity index (χ4n) is 3.82. The molecule has 0 unspecified atom stereocenters. The summed E-state index contributed by atoms with van der Waals surface area (Å²) in [5, 5.41) is 0. The van der Waals surface area contributed by atoms with Gasteiger partial charge in [0.25, 0.3) is 0 Å². The van der Waals surface area contributed by atoms with Crippen molar-refractivity contribution < 1.29 is 0 Å². The Morgan fingerprint density at radius 1 is 0.667 bits per heavy atom. The summed E-state index contributed by atoms with van der Waals surface area (Å²) in [7, 11) is 0. The summed E-state index contributed by atoms with van der Waals surface area (Å²) in [4.78, 5) is 7.77. The lowest BCUT2D eigenvalue weighted by molar-refractivity contribution is 0.103. The van der Waals surface area contributed by atoms with Gasteiger partial charge >= 0.3 is 0 Å². The minimum atomic E-state index is 0.423. The Kier molecular flexibility index (Phi) is 22.8. The van der Waals surface area contributed by atoms with Crippen LogP contribution in [0.3, 0.4) is 0 Å². The number of rotatable bonds is 9. The lowest BCUT2D eigenvalue weighted by Gasteiger charge is -2.37. The van der Waals surface area contributed by atoms with E-state index in [2.05, 4.69) is 90.9 Å². The van der Waals surface area contributed by atoms with E-state index in [4.69, 9.17) is 0 Å². The minimum absolute atomic E-state index is 0.423. The lowest BCUT2D eigenvalue weighted by Crippen LogP contribution is -2.48. The average molecular weight is 472 g/mol. The Morgan fingerprint density at radius 3 is 1.45 bits per heavy atom. The molecule has 0 saturated carbocycles. The Labute approximate surface area is 213 Å². The molecule has 0 bridgehead atoms. The number of hydrogen-bond donors (Lipinski definition) is 0. The largest absolute Gasteiger partial charge is 0.303 e. The van der Waals surface area contributed by atoms with Gasteiger partial charge in [-0.05, 0) is 48.7 Å². The van der Waals surface area contributed by atoms with Crippen molar-refractivity contribution in [2.45, 2.75) is 123 Å². The van der Waals surface area contributed by atoms with Crippen LogP contribution >= 0.6 is 0 Å². The summed E-state index contributed by atoms with van der Waals surface area (Å²) >= 11 is 0. The van der Waals surface area contributed by atoms with E-state index in [0.29, 0.717) is 16.2 Å². The molecule has 0 aromatic carbocycles. The van der Waals surface area contributed by atoms with Crippen LogP contribution in [-0.2, 0) is 0 Å². The van der Waals surface area contributed by atoms with Crippen molar-refractivity contribution in [3.63, 3.8) is 0 Å². The van der Waals surface area contributed by atoms with Gasteiger partial charge in [0.1, 0.15) is 0 Å². The molecule has 1 aliphatic rings. The van der Waals surface area contributed by atoms with Crippen molar-refractivity contribution in [3.05, 3.63) is 0 Å². The van der Waals surface area contributed by atoms with E-state index in [1.807, 2.05) is 27.7 Å². The van der Waals surface area contributed by atoms with Crippen LogP contribution in [0.15, 0.2) is 0 Å². The third kappa shape index (κ3) is 24.8. The smallest absolute Gasteiger partial charge is 0.0110 e. The van der Waals surface area contributed by atoms with Crippen molar-refractivity contribution >= 4 is 0 Å². The Hall–Kier alpha value is -0.120. The lowest BCUT2D eigenvalue weighted by atomic mass is 9.86. The number of piperazine rings is 1. The zero-order valence-electron chi connectivity index (χ0n) is 26.3. The molecule has 0 aromatic rings. The molecular weight excluding hydrogens is 402 g/mol. The van der Waals surface area contributed by atoms with E-state index in [1.54, 1.807) is 0 Å². The second-order valence-electron chi connectivity index (χ2n) is 12.4. The van der Waals surface area contributed by atoms with Crippen molar-refractivity contribution in [1.29, 1.82) is 0 Å². The highest BCUT2D eigenvalue weighted by Gasteiger charge is 2.21. The number of nitrogens with zero attached hydrogens (tertiary/aromatic N) is 3. The van der Waals surface area contributed by atoms with Gasteiger partial charge in [-0.1, -0.05) is 110 Å². The predicted molar refractivity (Wildman–Crippen MR) is 156 cm³/mol. The monoisotopic (exact) mass is 472 g/mol. The zero-order chi connectivity index (χ0) is 26.7. The zero-order valence-corrected chi connectivity index (χ0v) is 26.3. The molecule has 0 radical (unpaired) electrons. The summed E-state index contributed by atoms with van der Waals surface area (Å²) in [5.41, 5.74) is 1.38. The van der Waals surface area contributed by atoms with Gasteiger partial charge in [0.05, 0.1) is 0 Å². The second-order valence-corrected chi connectivity index (χ2v) is 12.4. The van der Waals surface area contributed by atoms with Crippen molar-refractivity contribution in [2.24, 2.45) is 16.2 Å². The quantitative estimate of drug-likeness (QED) is 0.335. The van der Waals surface area contributed by atoms with Gasteiger partial charge in [0, 0.05) is 39.3 Å². The van der Waals surface area contributed by atoms with Gasteiger partial charge in [0.2, 0.25) is 0 Å². The van der Waals surface area contributed by atoms with Crippen LogP contribution in [0, 0.1) is 16.2 Å². The van der Waals surface area contributed by atoms with Crippen molar-refractivity contribution in [1.82, 2.24) is 14.7 Å². The van der Waals surface area contributed by atoms with Crippen LogP contribution in [0.5, 0.6) is 0 Å². The fraction of sp³-hybridized carbons (Fsp3) is 1.00. The number of hydrogen-bond acceptors (Lipinski definition) is 3. The first-order valence-corrected chi connectivity index (χ1v) is 14.4. The molecule has 3 heteroatoms. The molecule has 0 spiro atoms. The molecule has 0 aromatic heterocycles. The summed E-state index contributed by atoms with van der Waals surface area (Å²) < 4.78 is 0. The molecule has 0 N–H and O–H groups in total. The maximum atomic E-state index is 2.60. The summed E-state index contributed by atoms with van der Waals surface area (Å²) in [6.45, 7) is 44.7. The SMILES string of the molecule is CC.CC.CCCN1CCN(CC(C)(C)C)CC1.CCN(CCC(C)(C)CC)CC(C)(C)C. The van der Waals surface area contributed by atoms with Crippen LogP contribution in [0.2, 0.25) is 0 Å². The third-order valence-corrected chi connectivity index (χ3v) is 5.91. The molecule has 204 valence electrons. The highest BCUT2D eigenvalue weighted by atomic mass is 15.3. The molecule has 3 nitrogen and oxygen atoms in total. The van der Waals surface area contributed by atoms with Gasteiger partial charge in [0.15, 0.2) is 0 Å². The van der Waals surface area contributed by atoms with Crippen LogP contribution in [0.25, 0.3) is 0 Å². The first-order chi connectivity index (χ1) is 15.2. The Balaban J connectivity index is -0.000000474. The van der Waals surface area contributed by atoms with Crippen LogP contribution in [0.4, 0.5) is 0 Å². The molecule has 1 fully saturated rings. The van der Waals surface area contributed by atoms with Crippen molar-refractivity contribution in [3.8, 4) is 0 Å². The van der Waals surface area contributed by atoms with Gasteiger partial charge in [-0.3, -0.25) is 0 Å². The highest BCUT2D eigenvalue weighted by molar-refractivity contribution is 4.76. The van der Waals surface area contributed by atoms with Gasteiger partial charge in [-0.2, -0.15) is 0 Å². The first-order valence-electron chi connectivity index (χ1n) is 14.4. The van der Waals surface area contributed by atoms with Gasteiger partial charge < -0.3 is 14.7 Å². The van der Waals surface area contributed by atoms with Crippen LogP contribution < -0.4 is 0 Å². The Morgan fingerprint density at radius 2 is 1.12 bits per heavy atom. The molecule has 33 heavy (non-hydrogen) atoms. The molecule has 1 heterocycles. The van der Waals surface area contributed by atoms with E-state index in [0.717, 1.165) is 0 Å². The summed E-state index contributed by atoms with van der Waals surface area (Å²) in [6.07, 6.45) is 3.88. The van der Waals surface area contributed by atoms with Crippen LogP contribution in [0.1, 0.15) is 123 Å². The molecule has 0 atom stereocenters. The summed E-state index contributed by atoms with van der Waals surface area (Å²) in [6, 6.07) is 0. The average Bonchev–Trinajstić information content (AvgIpc) is 2.74. The predicted octanol–water partition coefficient (Wildman–Crippen LogP) is 8.29. The van der Waals surface area contributed by atoms with Gasteiger partial charge in [-0.25, -0.2) is 0 Å². The van der Waals surface area contributed by atoms with Crippen LogP contribution in [-0.4, -0.2) is 73.6 Å². The third-order valence-electron chi connectivity index (χ3n) is 5.91. The molecule has 0 aliphatic carbocycles. The van der Waals surface area contributed by atoms with Gasteiger partial charge in [-0.15, -0.1) is 0 Å². The molecule has 1 saturated heterocycles. The second kappa shape index (κ2) is 20.1. The first kappa shape index (κ1) is 37.4. The van der Waals surface area contributed by atoms with E-state index in [1.165, 1.54) is 78.2 Å². The fourth-order valence-corrected chi connectivity index (χ4v) is 3.82. The molecule has 1 aliphatic heterocycles. The standard InChI is InChI=1S/C14H31N.C12H26N2.2C2H6/c1-8-14(6,7)10-11-15(9-2)12-13(3,4)5;1-5-6-13-7-9-14(10-8-13)11-12(2,3)4;2*1-2/h8-12H2,1-7H3;5-11H2,1-4H3;2*1-2H3. The topological polar surface area (TPSA) is 9.72 Å². The normalized spacial score (nSPS) is 15.6. The van der Waals surface area contributed by atoms with E-state index >= 15 is 0 Å². The molecular formula is C30H69N3. The maximum Gasteiger partial charge on any atom is 0.0110 e. The highest BCUT2D eigenvalue weighted by Crippen LogP contribution is 2.25. The van der Waals surface area contributed by atoms with E-state index in [9.17, 15) is 0 Å². The molecule has 1 rings (SSSR count). The maximum absolute atomic E-state index is 2.60. The van der Waals surface area contributed by atoms with E-state index < -0.39 is 0 Å². The van der Waals surface area contributed by atoms with E-state index in [-0.39, 0.29) is 0 Å². The Bertz CT molecular complexity index is 396. The summed E-state index contributed by atoms with van der Waals surface area (Å²) in [5.74, 6) is 0.